The van der Waals surface area contributed by atoms with Crippen LogP contribution in [-0.2, 0) is 16.1 Å². The predicted molar refractivity (Wildman–Crippen MR) is 99.4 cm³/mol. The minimum Gasteiger partial charge on any atom is -0.445 e. The number of carbonyl (C=O) groups is 2. The number of nitrogens with one attached hydrogen (secondary N) is 1. The van der Waals surface area contributed by atoms with Crippen LogP contribution in [0.1, 0.15) is 11.1 Å². The minimum atomic E-state index is -0.520. The van der Waals surface area contributed by atoms with E-state index in [9.17, 15) is 9.59 Å². The SMILES string of the molecule is Cc1cccc(NC(=O)[C@H]2CSCN2C(=O)OCc2ccccc2)c1. The second-order valence-corrected chi connectivity index (χ2v) is 6.88. The molecule has 1 atom stereocenters. The molecule has 5 nitrogen and oxygen atoms in total. The molecule has 0 bridgehead atoms. The average Bonchev–Trinajstić information content (AvgIpc) is 3.10. The van der Waals surface area contributed by atoms with Crippen LogP contribution in [0, 0.1) is 6.92 Å². The van der Waals surface area contributed by atoms with Gasteiger partial charge in [0.2, 0.25) is 5.91 Å². The van der Waals surface area contributed by atoms with Crippen LogP contribution in [-0.4, -0.2) is 34.6 Å². The van der Waals surface area contributed by atoms with Crippen molar-refractivity contribution in [1.29, 1.82) is 0 Å². The number of hydrogen-bond acceptors (Lipinski definition) is 4. The zero-order chi connectivity index (χ0) is 17.6. The van der Waals surface area contributed by atoms with Crippen LogP contribution in [0.2, 0.25) is 0 Å². The number of anilines is 1. The number of hydrogen-bond donors (Lipinski definition) is 1. The van der Waals surface area contributed by atoms with Crippen LogP contribution >= 0.6 is 11.8 Å². The Labute approximate surface area is 151 Å². The van der Waals surface area contributed by atoms with E-state index in [1.807, 2.05) is 61.5 Å². The Bertz CT molecular complexity index is 751. The van der Waals surface area contributed by atoms with Crippen molar-refractivity contribution in [2.75, 3.05) is 16.9 Å². The molecule has 2 aromatic carbocycles. The summed E-state index contributed by atoms with van der Waals surface area (Å²) in [6.07, 6.45) is -0.460. The quantitative estimate of drug-likeness (QED) is 0.908. The number of amides is 2. The minimum absolute atomic E-state index is 0.188. The Morgan fingerprint density at radius 1 is 1.20 bits per heavy atom. The molecular weight excluding hydrogens is 336 g/mol. The van der Waals surface area contributed by atoms with Crippen LogP contribution in [0.5, 0.6) is 0 Å². The first kappa shape index (κ1) is 17.4. The number of rotatable bonds is 4. The summed E-state index contributed by atoms with van der Waals surface area (Å²) in [5.74, 6) is 0.838. The molecule has 1 fully saturated rings. The average molecular weight is 356 g/mol. The van der Waals surface area contributed by atoms with Crippen LogP contribution in [0.3, 0.4) is 0 Å². The fraction of sp³-hybridized carbons (Fsp3) is 0.263. The van der Waals surface area contributed by atoms with Gasteiger partial charge in [-0.2, -0.15) is 0 Å². The third-order valence-electron chi connectivity index (χ3n) is 3.91. The molecule has 0 radical (unpaired) electrons. The van der Waals surface area contributed by atoms with Crippen LogP contribution < -0.4 is 5.32 Å². The second kappa shape index (κ2) is 8.07. The van der Waals surface area contributed by atoms with Crippen molar-refractivity contribution in [3.63, 3.8) is 0 Å². The van der Waals surface area contributed by atoms with Gasteiger partial charge in [0.25, 0.3) is 0 Å². The molecule has 0 unspecified atom stereocenters. The molecule has 1 aliphatic rings. The van der Waals surface area contributed by atoms with Crippen molar-refractivity contribution < 1.29 is 14.3 Å². The summed E-state index contributed by atoms with van der Waals surface area (Å²) >= 11 is 1.55. The summed E-state index contributed by atoms with van der Waals surface area (Å²) in [7, 11) is 0. The summed E-state index contributed by atoms with van der Waals surface area (Å²) in [5.41, 5.74) is 2.72. The molecule has 25 heavy (non-hydrogen) atoms. The van der Waals surface area contributed by atoms with Gasteiger partial charge in [0.15, 0.2) is 0 Å². The summed E-state index contributed by atoms with van der Waals surface area (Å²) < 4.78 is 5.36. The fourth-order valence-electron chi connectivity index (χ4n) is 2.59. The van der Waals surface area contributed by atoms with E-state index in [0.717, 1.165) is 16.8 Å². The number of ether oxygens (including phenoxy) is 1. The number of aryl methyl sites for hydroxylation is 1. The van der Waals surface area contributed by atoms with Gasteiger partial charge in [0.1, 0.15) is 12.6 Å². The first-order chi connectivity index (χ1) is 12.1. The molecule has 0 aromatic heterocycles. The van der Waals surface area contributed by atoms with Gasteiger partial charge >= 0.3 is 6.09 Å². The lowest BCUT2D eigenvalue weighted by molar-refractivity contribution is -0.119. The van der Waals surface area contributed by atoms with Crippen LogP contribution in [0.4, 0.5) is 10.5 Å². The van der Waals surface area contributed by atoms with E-state index in [0.29, 0.717) is 11.6 Å². The summed E-state index contributed by atoms with van der Waals surface area (Å²) in [6.45, 7) is 2.17. The smallest absolute Gasteiger partial charge is 0.411 e. The Kier molecular flexibility index (Phi) is 5.60. The van der Waals surface area contributed by atoms with Gasteiger partial charge in [-0.25, -0.2) is 4.79 Å². The highest BCUT2D eigenvalue weighted by Crippen LogP contribution is 2.23. The largest absolute Gasteiger partial charge is 0.445 e. The molecule has 1 heterocycles. The standard InChI is InChI=1S/C19H20N2O3S/c1-14-6-5-9-16(10-14)20-18(22)17-12-25-13-21(17)19(23)24-11-15-7-3-2-4-8-15/h2-10,17H,11-13H2,1H3,(H,20,22)/t17-/m1/s1. The first-order valence-corrected chi connectivity index (χ1v) is 9.21. The Hall–Kier alpha value is -2.47. The second-order valence-electron chi connectivity index (χ2n) is 5.88. The number of thioether (sulfide) groups is 1. The van der Waals surface area contributed by atoms with Gasteiger partial charge in [0.05, 0.1) is 5.88 Å². The van der Waals surface area contributed by atoms with Crippen molar-refractivity contribution >= 4 is 29.4 Å². The highest BCUT2D eigenvalue weighted by Gasteiger charge is 2.35. The molecule has 2 amide bonds. The number of nitrogens with zero attached hydrogens (tertiary/aromatic N) is 1. The highest BCUT2D eigenvalue weighted by atomic mass is 32.2. The van der Waals surface area contributed by atoms with E-state index in [-0.39, 0.29) is 12.5 Å². The number of benzene rings is 2. The van der Waals surface area contributed by atoms with Gasteiger partial charge in [-0.1, -0.05) is 42.5 Å². The van der Waals surface area contributed by atoms with Crippen molar-refractivity contribution in [1.82, 2.24) is 4.90 Å². The predicted octanol–water partition coefficient (Wildman–Crippen LogP) is 3.65. The lowest BCUT2D eigenvalue weighted by Crippen LogP contribution is -2.44. The van der Waals surface area contributed by atoms with E-state index in [1.165, 1.54) is 4.90 Å². The molecule has 0 aliphatic carbocycles. The molecule has 0 saturated carbocycles. The van der Waals surface area contributed by atoms with E-state index >= 15 is 0 Å². The first-order valence-electron chi connectivity index (χ1n) is 8.06. The van der Waals surface area contributed by atoms with Crippen LogP contribution in [0.25, 0.3) is 0 Å². The van der Waals surface area contributed by atoms with Crippen molar-refractivity contribution in [3.8, 4) is 0 Å². The maximum atomic E-state index is 12.5. The topological polar surface area (TPSA) is 58.6 Å². The van der Waals surface area contributed by atoms with E-state index in [2.05, 4.69) is 5.32 Å². The molecule has 6 heteroatoms. The molecular formula is C19H20N2O3S. The van der Waals surface area contributed by atoms with E-state index < -0.39 is 12.1 Å². The fourth-order valence-corrected chi connectivity index (χ4v) is 3.73. The van der Waals surface area contributed by atoms with Gasteiger partial charge < -0.3 is 10.1 Å². The maximum absolute atomic E-state index is 12.5. The normalized spacial score (nSPS) is 16.5. The molecule has 1 N–H and O–H groups in total. The van der Waals surface area contributed by atoms with E-state index in [1.54, 1.807) is 11.8 Å². The van der Waals surface area contributed by atoms with Crippen LogP contribution in [0.15, 0.2) is 54.6 Å². The Morgan fingerprint density at radius 2 is 2.00 bits per heavy atom. The highest BCUT2D eigenvalue weighted by molar-refractivity contribution is 7.99. The van der Waals surface area contributed by atoms with Gasteiger partial charge in [-0.3, -0.25) is 9.69 Å². The third kappa shape index (κ3) is 4.54. The summed E-state index contributed by atoms with van der Waals surface area (Å²) in [5, 5.41) is 2.88. The summed E-state index contributed by atoms with van der Waals surface area (Å²) in [4.78, 5) is 26.4. The lowest BCUT2D eigenvalue weighted by Gasteiger charge is -2.22. The maximum Gasteiger partial charge on any atom is 0.411 e. The molecule has 0 spiro atoms. The zero-order valence-corrected chi connectivity index (χ0v) is 14.8. The van der Waals surface area contributed by atoms with Crippen molar-refractivity contribution in [2.24, 2.45) is 0 Å². The van der Waals surface area contributed by atoms with Crippen molar-refractivity contribution in [3.05, 3.63) is 65.7 Å². The molecule has 2 aromatic rings. The monoisotopic (exact) mass is 356 g/mol. The van der Waals surface area contributed by atoms with E-state index in [4.69, 9.17) is 4.74 Å². The van der Waals surface area contributed by atoms with Gasteiger partial charge in [-0.15, -0.1) is 11.8 Å². The number of carbonyl (C=O) groups excluding carboxylic acids is 2. The molecule has 130 valence electrons. The molecule has 1 aliphatic heterocycles. The van der Waals surface area contributed by atoms with Gasteiger partial charge in [0, 0.05) is 11.4 Å². The summed E-state index contributed by atoms with van der Waals surface area (Å²) in [6, 6.07) is 16.6. The molecule has 1 saturated heterocycles. The van der Waals surface area contributed by atoms with Crippen molar-refractivity contribution in [2.45, 2.75) is 19.6 Å². The van der Waals surface area contributed by atoms with Gasteiger partial charge in [-0.05, 0) is 30.2 Å². The Morgan fingerprint density at radius 3 is 2.76 bits per heavy atom. The molecule has 3 rings (SSSR count). The third-order valence-corrected chi connectivity index (χ3v) is 4.92. The Balaban J connectivity index is 1.59. The zero-order valence-electron chi connectivity index (χ0n) is 14.0. The lowest BCUT2D eigenvalue weighted by atomic mass is 10.2.